The summed E-state index contributed by atoms with van der Waals surface area (Å²) in [6.07, 6.45) is 0.929. The summed E-state index contributed by atoms with van der Waals surface area (Å²) in [5, 5.41) is 4.12. The molecule has 1 atom stereocenters. The maximum Gasteiger partial charge on any atom is 0.225 e. The normalized spacial score (nSPS) is 18.5. The first-order chi connectivity index (χ1) is 10.3. The van der Waals surface area contributed by atoms with E-state index in [0.29, 0.717) is 6.61 Å². The molecule has 0 radical (unpaired) electrons. The summed E-state index contributed by atoms with van der Waals surface area (Å²) in [4.78, 5) is 14.5. The largest absolute Gasteiger partial charge is 0.271 e. The van der Waals surface area contributed by atoms with Crippen LogP contribution in [-0.4, -0.2) is 16.6 Å². The minimum atomic E-state index is 0.155. The Morgan fingerprint density at radius 2 is 2.05 bits per heavy atom. The molecule has 21 heavy (non-hydrogen) atoms. The molecule has 0 N–H and O–H groups in total. The van der Waals surface area contributed by atoms with Crippen LogP contribution in [0.1, 0.15) is 18.0 Å². The topological polar surface area (TPSA) is 38.2 Å². The quantitative estimate of drug-likeness (QED) is 0.663. The first kappa shape index (κ1) is 13.0. The zero-order valence-corrected chi connectivity index (χ0v) is 12.6. The highest BCUT2D eigenvalue weighted by atomic mass is 35.5. The molecule has 0 amide bonds. The molecule has 1 saturated heterocycles. The van der Waals surface area contributed by atoms with Crippen molar-refractivity contribution in [3.8, 4) is 0 Å². The van der Waals surface area contributed by atoms with Crippen molar-refractivity contribution in [2.24, 2.45) is 0 Å². The van der Waals surface area contributed by atoms with E-state index in [-0.39, 0.29) is 11.3 Å². The molecule has 0 saturated carbocycles. The number of hydroxylamine groups is 1. The van der Waals surface area contributed by atoms with Crippen LogP contribution in [0.25, 0.3) is 10.2 Å². The van der Waals surface area contributed by atoms with Gasteiger partial charge in [0.1, 0.15) is 0 Å². The van der Waals surface area contributed by atoms with E-state index in [9.17, 15) is 0 Å². The molecule has 0 unspecified atom stereocenters. The second-order valence-corrected chi connectivity index (χ2v) is 6.08. The molecule has 1 aliphatic rings. The van der Waals surface area contributed by atoms with E-state index in [1.807, 2.05) is 34.7 Å². The Balaban J connectivity index is 1.82. The third kappa shape index (κ3) is 2.27. The number of rotatable bonds is 2. The van der Waals surface area contributed by atoms with Gasteiger partial charge in [-0.25, -0.2) is 10.0 Å². The first-order valence-electron chi connectivity index (χ1n) is 6.71. The van der Waals surface area contributed by atoms with E-state index in [2.05, 4.69) is 22.1 Å². The Kier molecular flexibility index (Phi) is 3.25. The fourth-order valence-corrected chi connectivity index (χ4v) is 3.61. The Labute approximate surface area is 130 Å². The van der Waals surface area contributed by atoms with E-state index in [4.69, 9.17) is 16.4 Å². The minimum Gasteiger partial charge on any atom is -0.271 e. The molecule has 1 fully saturated rings. The maximum absolute atomic E-state index is 6.05. The smallest absolute Gasteiger partial charge is 0.225 e. The second-order valence-electron chi connectivity index (χ2n) is 4.83. The van der Waals surface area contributed by atoms with Crippen LogP contribution in [0, 0.1) is 0 Å². The summed E-state index contributed by atoms with van der Waals surface area (Å²) in [6.45, 7) is 0.675. The summed E-state index contributed by atoms with van der Waals surface area (Å²) < 4.78 is 1.00. The molecule has 106 valence electrons. The summed E-state index contributed by atoms with van der Waals surface area (Å²) in [5.74, 6) is 0.756. The van der Waals surface area contributed by atoms with Crippen LogP contribution in [0.15, 0.2) is 41.8 Å². The highest BCUT2D eigenvalue weighted by Crippen LogP contribution is 2.39. The summed E-state index contributed by atoms with van der Waals surface area (Å²) >= 11 is 7.65. The van der Waals surface area contributed by atoms with Gasteiger partial charge in [0.2, 0.25) is 5.28 Å². The van der Waals surface area contributed by atoms with E-state index < -0.39 is 0 Å². The van der Waals surface area contributed by atoms with Crippen LogP contribution in [-0.2, 0) is 4.84 Å². The SMILES string of the molecule is Clc1nc(N2OCC[C@H]2c2ccccc2)c2sccc2n1. The number of benzene rings is 1. The lowest BCUT2D eigenvalue weighted by Gasteiger charge is -2.24. The van der Waals surface area contributed by atoms with Gasteiger partial charge in [-0.3, -0.25) is 4.84 Å². The third-order valence-electron chi connectivity index (χ3n) is 3.56. The highest BCUT2D eigenvalue weighted by molar-refractivity contribution is 7.17. The average molecular weight is 318 g/mol. The van der Waals surface area contributed by atoms with Crippen molar-refractivity contribution in [1.82, 2.24) is 9.97 Å². The van der Waals surface area contributed by atoms with Crippen molar-refractivity contribution < 1.29 is 4.84 Å². The Morgan fingerprint density at radius 3 is 2.90 bits per heavy atom. The van der Waals surface area contributed by atoms with Crippen LogP contribution >= 0.6 is 22.9 Å². The number of hydrogen-bond donors (Lipinski definition) is 0. The summed E-state index contributed by atoms with van der Waals surface area (Å²) in [6, 6.07) is 12.4. The van der Waals surface area contributed by atoms with Gasteiger partial charge in [0.05, 0.1) is 22.9 Å². The Hall–Kier alpha value is -1.69. The van der Waals surface area contributed by atoms with Gasteiger partial charge in [0.25, 0.3) is 0 Å². The summed E-state index contributed by atoms with van der Waals surface area (Å²) in [5.41, 5.74) is 2.08. The molecule has 1 aromatic carbocycles. The number of thiophene rings is 1. The molecule has 1 aliphatic heterocycles. The van der Waals surface area contributed by atoms with Crippen LogP contribution in [0.4, 0.5) is 5.82 Å². The van der Waals surface area contributed by atoms with Crippen molar-refractivity contribution in [2.75, 3.05) is 11.7 Å². The van der Waals surface area contributed by atoms with Gasteiger partial charge < -0.3 is 0 Å². The average Bonchev–Trinajstić information content (AvgIpc) is 3.16. The number of fused-ring (bicyclic) bond motifs is 1. The molecule has 0 aliphatic carbocycles. The lowest BCUT2D eigenvalue weighted by Crippen LogP contribution is -2.22. The second kappa shape index (κ2) is 5.26. The van der Waals surface area contributed by atoms with Crippen LogP contribution < -0.4 is 5.06 Å². The Bertz CT molecular complexity index is 777. The van der Waals surface area contributed by atoms with Gasteiger partial charge in [0, 0.05) is 6.42 Å². The van der Waals surface area contributed by atoms with Crippen molar-refractivity contribution in [1.29, 1.82) is 0 Å². The fourth-order valence-electron chi connectivity index (χ4n) is 2.63. The van der Waals surface area contributed by atoms with Gasteiger partial charge in [-0.2, -0.15) is 4.98 Å². The number of nitrogens with zero attached hydrogens (tertiary/aromatic N) is 3. The summed E-state index contributed by atoms with van der Waals surface area (Å²) in [7, 11) is 0. The molecule has 0 spiro atoms. The molecular weight excluding hydrogens is 306 g/mol. The molecule has 4 nitrogen and oxygen atoms in total. The molecule has 6 heteroatoms. The van der Waals surface area contributed by atoms with Crippen LogP contribution in [0.5, 0.6) is 0 Å². The minimum absolute atomic E-state index is 0.155. The van der Waals surface area contributed by atoms with Gasteiger partial charge in [-0.15, -0.1) is 11.3 Å². The zero-order valence-electron chi connectivity index (χ0n) is 11.1. The zero-order chi connectivity index (χ0) is 14.2. The lowest BCUT2D eigenvalue weighted by molar-refractivity contribution is 0.157. The first-order valence-corrected chi connectivity index (χ1v) is 7.96. The van der Waals surface area contributed by atoms with Crippen molar-refractivity contribution >= 4 is 39.0 Å². The monoisotopic (exact) mass is 317 g/mol. The van der Waals surface area contributed by atoms with Gasteiger partial charge >= 0.3 is 0 Å². The van der Waals surface area contributed by atoms with E-state index in [1.165, 1.54) is 5.56 Å². The number of halogens is 1. The molecule has 2 aromatic heterocycles. The van der Waals surface area contributed by atoms with Gasteiger partial charge in [-0.1, -0.05) is 30.3 Å². The van der Waals surface area contributed by atoms with E-state index >= 15 is 0 Å². The van der Waals surface area contributed by atoms with Crippen molar-refractivity contribution in [3.05, 3.63) is 52.6 Å². The van der Waals surface area contributed by atoms with Gasteiger partial charge in [0.15, 0.2) is 5.82 Å². The molecule has 4 rings (SSSR count). The number of hydrogen-bond acceptors (Lipinski definition) is 5. The molecule has 3 heterocycles. The Morgan fingerprint density at radius 1 is 1.19 bits per heavy atom. The lowest BCUT2D eigenvalue weighted by atomic mass is 10.0. The van der Waals surface area contributed by atoms with Crippen LogP contribution in [0.3, 0.4) is 0 Å². The number of aromatic nitrogens is 2. The van der Waals surface area contributed by atoms with Crippen molar-refractivity contribution in [2.45, 2.75) is 12.5 Å². The molecule has 3 aromatic rings. The standard InChI is InChI=1S/C15H12ClN3OS/c16-15-17-11-7-9-21-13(11)14(18-15)19-12(6-8-20-19)10-4-2-1-3-5-10/h1-5,7,9,12H,6,8H2/t12-/m0/s1. The third-order valence-corrected chi connectivity index (χ3v) is 4.62. The van der Waals surface area contributed by atoms with Crippen molar-refractivity contribution in [3.63, 3.8) is 0 Å². The molecule has 0 bridgehead atoms. The predicted molar refractivity (Wildman–Crippen MR) is 84.7 cm³/mol. The predicted octanol–water partition coefficient (Wildman–Crippen LogP) is 4.23. The van der Waals surface area contributed by atoms with E-state index in [1.54, 1.807) is 11.3 Å². The highest BCUT2D eigenvalue weighted by Gasteiger charge is 2.30. The molecular formula is C15H12ClN3OS. The number of anilines is 1. The van der Waals surface area contributed by atoms with Crippen LogP contribution in [0.2, 0.25) is 5.28 Å². The maximum atomic E-state index is 6.05. The fraction of sp³-hybridized carbons (Fsp3) is 0.200. The van der Waals surface area contributed by atoms with Gasteiger partial charge in [-0.05, 0) is 28.6 Å². The van der Waals surface area contributed by atoms with E-state index in [0.717, 1.165) is 22.5 Å².